The van der Waals surface area contributed by atoms with Crippen LogP contribution in [0.2, 0.25) is 0 Å². The number of carbonyl (C=O) groups excluding carboxylic acids is 1. The first-order chi connectivity index (χ1) is 9.85. The minimum absolute atomic E-state index is 0.227. The third-order valence-electron chi connectivity index (χ3n) is 3.48. The molecule has 0 aromatic heterocycles. The first kappa shape index (κ1) is 17.7. The normalized spacial score (nSPS) is 15.5. The van der Waals surface area contributed by atoms with Crippen LogP contribution in [-0.4, -0.2) is 30.3 Å². The number of nitrogens with one attached hydrogen (secondary N) is 1. The number of ether oxygens (including phenoxy) is 1. The maximum Gasteiger partial charge on any atom is 0.253 e. The minimum Gasteiger partial charge on any atom is -0.388 e. The van der Waals surface area contributed by atoms with Gasteiger partial charge >= 0.3 is 0 Å². The van der Waals surface area contributed by atoms with Gasteiger partial charge in [0.15, 0.2) is 6.10 Å². The van der Waals surface area contributed by atoms with Crippen LogP contribution in [0.15, 0.2) is 30.3 Å². The highest BCUT2D eigenvalue weighted by Crippen LogP contribution is 2.18. The van der Waals surface area contributed by atoms with E-state index in [0.717, 1.165) is 12.0 Å². The van der Waals surface area contributed by atoms with Gasteiger partial charge in [0.2, 0.25) is 0 Å². The molecule has 2 N–H and O–H groups in total. The van der Waals surface area contributed by atoms with Crippen molar-refractivity contribution in [3.05, 3.63) is 35.9 Å². The predicted octanol–water partition coefficient (Wildman–Crippen LogP) is 2.68. The average Bonchev–Trinajstić information content (AvgIpc) is 2.45. The molecule has 0 fully saturated rings. The molecule has 4 nitrogen and oxygen atoms in total. The molecule has 0 bridgehead atoms. The van der Waals surface area contributed by atoms with Gasteiger partial charge in [0.05, 0.1) is 5.60 Å². The number of amides is 1. The molecular formula is C17H27NO3. The summed E-state index contributed by atoms with van der Waals surface area (Å²) in [6, 6.07) is 9.33. The quantitative estimate of drug-likeness (QED) is 0.774. The molecular weight excluding hydrogens is 266 g/mol. The second-order valence-corrected chi connectivity index (χ2v) is 6.17. The van der Waals surface area contributed by atoms with Crippen molar-refractivity contribution >= 4 is 5.91 Å². The van der Waals surface area contributed by atoms with Crippen molar-refractivity contribution in [3.63, 3.8) is 0 Å². The van der Waals surface area contributed by atoms with Gasteiger partial charge in [0.1, 0.15) is 0 Å². The van der Waals surface area contributed by atoms with Crippen LogP contribution in [0, 0.1) is 5.92 Å². The van der Waals surface area contributed by atoms with E-state index in [0.29, 0.717) is 12.3 Å². The Morgan fingerprint density at radius 1 is 1.33 bits per heavy atom. The van der Waals surface area contributed by atoms with E-state index in [1.807, 2.05) is 30.3 Å². The summed E-state index contributed by atoms with van der Waals surface area (Å²) >= 11 is 0. The summed E-state index contributed by atoms with van der Waals surface area (Å²) in [5, 5.41) is 13.1. The van der Waals surface area contributed by atoms with Crippen molar-refractivity contribution in [1.29, 1.82) is 0 Å². The van der Waals surface area contributed by atoms with Gasteiger partial charge in [-0.3, -0.25) is 4.79 Å². The van der Waals surface area contributed by atoms with E-state index >= 15 is 0 Å². The Labute approximate surface area is 127 Å². The molecule has 1 rings (SSSR count). The van der Waals surface area contributed by atoms with Crippen LogP contribution in [0.3, 0.4) is 0 Å². The number of rotatable bonds is 8. The van der Waals surface area contributed by atoms with Gasteiger partial charge in [-0.25, -0.2) is 0 Å². The molecule has 1 aromatic rings. The maximum absolute atomic E-state index is 12.2. The van der Waals surface area contributed by atoms with E-state index < -0.39 is 11.7 Å². The summed E-state index contributed by atoms with van der Waals surface area (Å²) in [6.45, 7) is 6.21. The molecule has 0 aliphatic heterocycles. The number of methoxy groups -OCH3 is 1. The number of benzene rings is 1. The van der Waals surface area contributed by atoms with Crippen LogP contribution < -0.4 is 5.32 Å². The zero-order valence-corrected chi connectivity index (χ0v) is 13.4. The van der Waals surface area contributed by atoms with Crippen LogP contribution in [0.4, 0.5) is 0 Å². The van der Waals surface area contributed by atoms with E-state index in [4.69, 9.17) is 4.74 Å². The molecule has 0 saturated heterocycles. The van der Waals surface area contributed by atoms with Gasteiger partial charge in [-0.1, -0.05) is 44.2 Å². The van der Waals surface area contributed by atoms with E-state index in [1.54, 1.807) is 6.92 Å². The number of carbonyl (C=O) groups is 1. The molecule has 0 heterocycles. The molecule has 0 radical (unpaired) electrons. The Hall–Kier alpha value is -1.39. The monoisotopic (exact) mass is 293 g/mol. The fraction of sp³-hybridized carbons (Fsp3) is 0.588. The Bertz CT molecular complexity index is 429. The average molecular weight is 293 g/mol. The van der Waals surface area contributed by atoms with Crippen molar-refractivity contribution in [1.82, 2.24) is 5.32 Å². The summed E-state index contributed by atoms with van der Waals surface area (Å²) in [6.07, 6.45) is 0.940. The number of hydrogen-bond donors (Lipinski definition) is 2. The number of aliphatic hydroxyl groups is 1. The highest BCUT2D eigenvalue weighted by Gasteiger charge is 2.25. The predicted molar refractivity (Wildman–Crippen MR) is 83.9 cm³/mol. The SMILES string of the molecule is COC(C(=O)NCC(C)(O)CCC(C)C)c1ccccc1. The highest BCUT2D eigenvalue weighted by atomic mass is 16.5. The zero-order valence-electron chi connectivity index (χ0n) is 13.4. The molecule has 2 atom stereocenters. The lowest BCUT2D eigenvalue weighted by Crippen LogP contribution is -2.42. The van der Waals surface area contributed by atoms with Gasteiger partial charge < -0.3 is 15.2 Å². The van der Waals surface area contributed by atoms with Gasteiger partial charge in [-0.2, -0.15) is 0 Å². The molecule has 4 heteroatoms. The Balaban J connectivity index is 2.55. The largest absolute Gasteiger partial charge is 0.388 e. The van der Waals surface area contributed by atoms with E-state index in [2.05, 4.69) is 19.2 Å². The second-order valence-electron chi connectivity index (χ2n) is 6.17. The summed E-state index contributed by atoms with van der Waals surface area (Å²) in [7, 11) is 1.51. The molecule has 0 saturated carbocycles. The third-order valence-corrected chi connectivity index (χ3v) is 3.48. The maximum atomic E-state index is 12.2. The minimum atomic E-state index is -0.894. The lowest BCUT2D eigenvalue weighted by Gasteiger charge is -2.25. The molecule has 0 aliphatic carbocycles. The van der Waals surface area contributed by atoms with Crippen molar-refractivity contribution in [2.75, 3.05) is 13.7 Å². The molecule has 1 aromatic carbocycles. The Kier molecular flexibility index (Phi) is 6.85. The van der Waals surface area contributed by atoms with E-state index in [9.17, 15) is 9.90 Å². The van der Waals surface area contributed by atoms with Crippen LogP contribution in [0.25, 0.3) is 0 Å². The van der Waals surface area contributed by atoms with Crippen LogP contribution in [0.1, 0.15) is 45.3 Å². The molecule has 1 amide bonds. The zero-order chi connectivity index (χ0) is 15.9. The first-order valence-electron chi connectivity index (χ1n) is 7.43. The fourth-order valence-corrected chi connectivity index (χ4v) is 2.08. The topological polar surface area (TPSA) is 58.6 Å². The van der Waals surface area contributed by atoms with E-state index in [-0.39, 0.29) is 12.5 Å². The molecule has 21 heavy (non-hydrogen) atoms. The summed E-state index contributed by atoms with van der Waals surface area (Å²) in [5.74, 6) is 0.303. The highest BCUT2D eigenvalue weighted by molar-refractivity contribution is 5.82. The van der Waals surface area contributed by atoms with Gasteiger partial charge in [0, 0.05) is 13.7 Å². The Morgan fingerprint density at radius 2 is 1.95 bits per heavy atom. The fourth-order valence-electron chi connectivity index (χ4n) is 2.08. The molecule has 0 spiro atoms. The third kappa shape index (κ3) is 6.27. The Morgan fingerprint density at radius 3 is 2.48 bits per heavy atom. The van der Waals surface area contributed by atoms with Crippen molar-refractivity contribution in [3.8, 4) is 0 Å². The van der Waals surface area contributed by atoms with Gasteiger partial charge in [-0.15, -0.1) is 0 Å². The summed E-state index contributed by atoms with van der Waals surface area (Å²) in [5.41, 5.74) is -0.0890. The lowest BCUT2D eigenvalue weighted by molar-refractivity contribution is -0.132. The standard InChI is InChI=1S/C17H27NO3/c1-13(2)10-11-17(3,20)12-18-16(19)15(21-4)14-8-6-5-7-9-14/h5-9,13,15,20H,10-12H2,1-4H3,(H,18,19). The molecule has 0 aliphatic rings. The molecule has 118 valence electrons. The van der Waals surface area contributed by atoms with Crippen molar-refractivity contribution in [2.45, 2.75) is 45.3 Å². The summed E-state index contributed by atoms with van der Waals surface area (Å²) < 4.78 is 5.27. The van der Waals surface area contributed by atoms with Gasteiger partial charge in [-0.05, 0) is 31.2 Å². The van der Waals surface area contributed by atoms with Crippen LogP contribution in [-0.2, 0) is 9.53 Å². The van der Waals surface area contributed by atoms with E-state index in [1.165, 1.54) is 7.11 Å². The summed E-state index contributed by atoms with van der Waals surface area (Å²) in [4.78, 5) is 12.2. The van der Waals surface area contributed by atoms with Crippen LogP contribution in [0.5, 0.6) is 0 Å². The van der Waals surface area contributed by atoms with Crippen LogP contribution >= 0.6 is 0 Å². The first-order valence-corrected chi connectivity index (χ1v) is 7.43. The lowest BCUT2D eigenvalue weighted by atomic mass is 9.95. The van der Waals surface area contributed by atoms with Gasteiger partial charge in [0.25, 0.3) is 5.91 Å². The second kappa shape index (κ2) is 8.15. The van der Waals surface area contributed by atoms with Crippen molar-refractivity contribution < 1.29 is 14.6 Å². The van der Waals surface area contributed by atoms with Crippen molar-refractivity contribution in [2.24, 2.45) is 5.92 Å². The number of hydrogen-bond acceptors (Lipinski definition) is 3. The smallest absolute Gasteiger partial charge is 0.253 e. The molecule has 2 unspecified atom stereocenters.